The van der Waals surface area contributed by atoms with Crippen LogP contribution in [-0.2, 0) is 6.54 Å². The first-order valence-electron chi connectivity index (χ1n) is 7.14. The molecule has 1 unspecified atom stereocenters. The van der Waals surface area contributed by atoms with Crippen molar-refractivity contribution in [2.24, 2.45) is 5.92 Å². The molecule has 4 heteroatoms. The zero-order valence-electron chi connectivity index (χ0n) is 12.2. The van der Waals surface area contributed by atoms with Gasteiger partial charge < -0.3 is 10.1 Å². The van der Waals surface area contributed by atoms with Gasteiger partial charge in [0.15, 0.2) is 0 Å². The van der Waals surface area contributed by atoms with E-state index in [9.17, 15) is 0 Å². The normalized spacial score (nSPS) is 21.4. The van der Waals surface area contributed by atoms with E-state index in [0.717, 1.165) is 31.9 Å². The van der Waals surface area contributed by atoms with Gasteiger partial charge in [0, 0.05) is 25.2 Å². The largest absolute Gasteiger partial charge is 0.481 e. The molecule has 106 valence electrons. The summed E-state index contributed by atoms with van der Waals surface area (Å²) in [5, 5.41) is 3.63. The molecule has 0 radical (unpaired) electrons. The number of methoxy groups -OCH3 is 1. The molecule has 0 aromatic carbocycles. The third kappa shape index (κ3) is 4.18. The predicted molar refractivity (Wildman–Crippen MR) is 77.3 cm³/mol. The minimum absolute atomic E-state index is 0.577. The highest BCUT2D eigenvalue weighted by Gasteiger charge is 2.20. The van der Waals surface area contributed by atoms with E-state index < -0.39 is 0 Å². The maximum Gasteiger partial charge on any atom is 0.213 e. The van der Waals surface area contributed by atoms with Crippen LogP contribution in [0, 0.1) is 5.92 Å². The van der Waals surface area contributed by atoms with E-state index in [1.165, 1.54) is 6.42 Å². The van der Waals surface area contributed by atoms with Crippen LogP contribution in [0.5, 0.6) is 5.88 Å². The molecule has 0 bridgehead atoms. The lowest BCUT2D eigenvalue weighted by atomic mass is 10.0. The quantitative estimate of drug-likeness (QED) is 0.900. The second kappa shape index (κ2) is 6.87. The van der Waals surface area contributed by atoms with E-state index in [-0.39, 0.29) is 0 Å². The highest BCUT2D eigenvalue weighted by atomic mass is 16.5. The van der Waals surface area contributed by atoms with Crippen molar-refractivity contribution in [1.82, 2.24) is 15.2 Å². The van der Waals surface area contributed by atoms with Crippen LogP contribution >= 0.6 is 0 Å². The van der Waals surface area contributed by atoms with Gasteiger partial charge >= 0.3 is 0 Å². The lowest BCUT2D eigenvalue weighted by molar-refractivity contribution is 0.235. The molecule has 1 aromatic heterocycles. The Bertz CT molecular complexity index is 395. The first-order valence-corrected chi connectivity index (χ1v) is 7.14. The number of ether oxygens (including phenoxy) is 1. The summed E-state index contributed by atoms with van der Waals surface area (Å²) in [6.07, 6.45) is 1.20. The summed E-state index contributed by atoms with van der Waals surface area (Å²) in [6.45, 7) is 8.81. The van der Waals surface area contributed by atoms with Crippen molar-refractivity contribution in [3.63, 3.8) is 0 Å². The number of hydrogen-bond acceptors (Lipinski definition) is 4. The molecule has 0 aliphatic carbocycles. The summed E-state index contributed by atoms with van der Waals surface area (Å²) in [5.41, 5.74) is 1.09. The monoisotopic (exact) mass is 263 g/mol. The Hall–Kier alpha value is -1.13. The standard InChI is InChI=1S/C15H25N3O/c1-12(2)14-11-18(9-5-8-16-14)10-13-6-4-7-15(17-13)19-3/h4,6-7,12,14,16H,5,8-11H2,1-3H3. The van der Waals surface area contributed by atoms with Gasteiger partial charge in [-0.15, -0.1) is 0 Å². The van der Waals surface area contributed by atoms with Gasteiger partial charge in [0.1, 0.15) is 0 Å². The van der Waals surface area contributed by atoms with E-state index >= 15 is 0 Å². The van der Waals surface area contributed by atoms with Crippen molar-refractivity contribution in [1.29, 1.82) is 0 Å². The van der Waals surface area contributed by atoms with E-state index in [2.05, 4.69) is 35.1 Å². The van der Waals surface area contributed by atoms with Crippen LogP contribution in [0.3, 0.4) is 0 Å². The third-order valence-electron chi connectivity index (χ3n) is 3.69. The summed E-state index contributed by atoms with van der Waals surface area (Å²) in [5.74, 6) is 1.37. The summed E-state index contributed by atoms with van der Waals surface area (Å²) < 4.78 is 5.19. The molecule has 1 saturated heterocycles. The fourth-order valence-corrected chi connectivity index (χ4v) is 2.50. The van der Waals surface area contributed by atoms with E-state index in [1.54, 1.807) is 7.11 Å². The predicted octanol–water partition coefficient (Wildman–Crippen LogP) is 1.91. The lowest BCUT2D eigenvalue weighted by Gasteiger charge is -2.26. The Morgan fingerprint density at radius 1 is 1.47 bits per heavy atom. The zero-order chi connectivity index (χ0) is 13.7. The molecule has 0 spiro atoms. The molecule has 2 heterocycles. The molecule has 4 nitrogen and oxygen atoms in total. The zero-order valence-corrected chi connectivity index (χ0v) is 12.2. The van der Waals surface area contributed by atoms with Gasteiger partial charge in [0.25, 0.3) is 0 Å². The molecular formula is C15H25N3O. The van der Waals surface area contributed by atoms with E-state index in [4.69, 9.17) is 4.74 Å². The molecule has 1 fully saturated rings. The SMILES string of the molecule is COc1cccc(CN2CCCNC(C(C)C)C2)n1. The lowest BCUT2D eigenvalue weighted by Crippen LogP contribution is -2.41. The number of nitrogens with zero attached hydrogens (tertiary/aromatic N) is 2. The van der Waals surface area contributed by atoms with E-state index in [1.807, 2.05) is 12.1 Å². The maximum atomic E-state index is 5.19. The van der Waals surface area contributed by atoms with Gasteiger partial charge in [0.05, 0.1) is 12.8 Å². The molecule has 2 rings (SSSR count). The molecule has 0 amide bonds. The summed E-state index contributed by atoms with van der Waals surface area (Å²) >= 11 is 0. The minimum Gasteiger partial charge on any atom is -0.481 e. The molecular weight excluding hydrogens is 238 g/mol. The minimum atomic E-state index is 0.577. The molecule has 1 aromatic rings. The highest BCUT2D eigenvalue weighted by Crippen LogP contribution is 2.13. The van der Waals surface area contributed by atoms with Crippen molar-refractivity contribution in [2.45, 2.75) is 32.9 Å². The smallest absolute Gasteiger partial charge is 0.213 e. The van der Waals surface area contributed by atoms with Gasteiger partial charge in [-0.3, -0.25) is 4.90 Å². The number of aromatic nitrogens is 1. The van der Waals surface area contributed by atoms with Crippen LogP contribution in [0.4, 0.5) is 0 Å². The van der Waals surface area contributed by atoms with Crippen LogP contribution in [0.2, 0.25) is 0 Å². The molecule has 1 aliphatic rings. The van der Waals surface area contributed by atoms with Gasteiger partial charge in [0.2, 0.25) is 5.88 Å². The number of nitrogens with one attached hydrogen (secondary N) is 1. The Morgan fingerprint density at radius 2 is 2.32 bits per heavy atom. The van der Waals surface area contributed by atoms with Gasteiger partial charge in [-0.25, -0.2) is 4.98 Å². The van der Waals surface area contributed by atoms with Crippen LogP contribution in [0.25, 0.3) is 0 Å². The molecule has 1 aliphatic heterocycles. The van der Waals surface area contributed by atoms with Gasteiger partial charge in [-0.05, 0) is 31.5 Å². The van der Waals surface area contributed by atoms with Crippen LogP contribution in [0.1, 0.15) is 26.0 Å². The second-order valence-corrected chi connectivity index (χ2v) is 5.56. The number of pyridine rings is 1. The Kier molecular flexibility index (Phi) is 5.16. The highest BCUT2D eigenvalue weighted by molar-refractivity contribution is 5.15. The summed E-state index contributed by atoms with van der Waals surface area (Å²) in [6, 6.07) is 6.56. The Morgan fingerprint density at radius 3 is 3.05 bits per heavy atom. The second-order valence-electron chi connectivity index (χ2n) is 5.56. The fraction of sp³-hybridized carbons (Fsp3) is 0.667. The van der Waals surface area contributed by atoms with E-state index in [0.29, 0.717) is 17.8 Å². The average Bonchev–Trinajstić information content (AvgIpc) is 2.64. The molecule has 19 heavy (non-hydrogen) atoms. The van der Waals surface area contributed by atoms with Crippen molar-refractivity contribution in [3.05, 3.63) is 23.9 Å². The van der Waals surface area contributed by atoms with Gasteiger partial charge in [-0.1, -0.05) is 19.9 Å². The summed E-state index contributed by atoms with van der Waals surface area (Å²) in [7, 11) is 1.66. The summed E-state index contributed by atoms with van der Waals surface area (Å²) in [4.78, 5) is 6.99. The van der Waals surface area contributed by atoms with Crippen molar-refractivity contribution >= 4 is 0 Å². The number of rotatable bonds is 4. The Balaban J connectivity index is 1.99. The average molecular weight is 263 g/mol. The fourth-order valence-electron chi connectivity index (χ4n) is 2.50. The molecule has 1 N–H and O–H groups in total. The van der Waals surface area contributed by atoms with Crippen molar-refractivity contribution in [2.75, 3.05) is 26.7 Å². The molecule has 0 saturated carbocycles. The van der Waals surface area contributed by atoms with Crippen LogP contribution < -0.4 is 10.1 Å². The number of hydrogen-bond donors (Lipinski definition) is 1. The first kappa shape index (κ1) is 14.3. The van der Waals surface area contributed by atoms with Crippen LogP contribution in [-0.4, -0.2) is 42.7 Å². The molecule has 1 atom stereocenters. The van der Waals surface area contributed by atoms with Crippen LogP contribution in [0.15, 0.2) is 18.2 Å². The van der Waals surface area contributed by atoms with Crippen molar-refractivity contribution < 1.29 is 4.74 Å². The topological polar surface area (TPSA) is 37.4 Å². The maximum absolute atomic E-state index is 5.19. The third-order valence-corrected chi connectivity index (χ3v) is 3.69. The van der Waals surface area contributed by atoms with Crippen molar-refractivity contribution in [3.8, 4) is 5.88 Å². The van der Waals surface area contributed by atoms with Gasteiger partial charge in [-0.2, -0.15) is 0 Å². The first-order chi connectivity index (χ1) is 9.19. The Labute approximate surface area is 116 Å².